The highest BCUT2D eigenvalue weighted by molar-refractivity contribution is 5.45. The molecule has 2 aromatic rings. The Morgan fingerprint density at radius 3 is 2.35 bits per heavy atom. The van der Waals surface area contributed by atoms with Crippen LogP contribution in [0.25, 0.3) is 0 Å². The van der Waals surface area contributed by atoms with Crippen molar-refractivity contribution in [2.24, 2.45) is 0 Å². The number of nitrogens with zero attached hydrogens (tertiary/aromatic N) is 1. The molecule has 0 N–H and O–H groups in total. The van der Waals surface area contributed by atoms with E-state index in [9.17, 15) is 5.21 Å². The number of hydrogen-bond donors (Lipinski definition) is 0. The second kappa shape index (κ2) is 5.23. The number of para-hydroxylation sites is 1. The first-order valence-electron chi connectivity index (χ1n) is 5.14. The van der Waals surface area contributed by atoms with Gasteiger partial charge in [-0.3, -0.25) is 5.23 Å². The third-order valence-electron chi connectivity index (χ3n) is 2.20. The van der Waals surface area contributed by atoms with Crippen LogP contribution in [0.5, 0.6) is 11.5 Å². The van der Waals surface area contributed by atoms with E-state index in [1.165, 1.54) is 0 Å². The predicted molar refractivity (Wildman–Crippen MR) is 65.9 cm³/mol. The summed E-state index contributed by atoms with van der Waals surface area (Å²) < 4.78 is 5.04. The summed E-state index contributed by atoms with van der Waals surface area (Å²) in [7, 11) is 1.56. The summed E-state index contributed by atoms with van der Waals surface area (Å²) in [4.78, 5) is 5.14. The number of benzene rings is 2. The molecule has 4 nitrogen and oxygen atoms in total. The maximum atomic E-state index is 11.7. The van der Waals surface area contributed by atoms with Crippen LogP contribution in [0.1, 0.15) is 0 Å². The Bertz CT molecular complexity index is 473. The van der Waals surface area contributed by atoms with E-state index in [2.05, 4.69) is 0 Å². The maximum absolute atomic E-state index is 11.7. The smallest absolute Gasteiger partial charge is 0.157 e. The van der Waals surface area contributed by atoms with Crippen LogP contribution in [0.15, 0.2) is 54.6 Å². The standard InChI is InChI=1S/C13H12NO3/c1-16-12-8-5-9-13(10-12)17-14(15)11-6-3-2-4-7-11/h2-10H,1H3/q-1. The topological polar surface area (TPSA) is 44.8 Å². The van der Waals surface area contributed by atoms with Gasteiger partial charge in [0.1, 0.15) is 5.75 Å². The lowest BCUT2D eigenvalue weighted by Gasteiger charge is -2.29. The van der Waals surface area contributed by atoms with Crippen LogP contribution in [0, 0.1) is 5.21 Å². The fraction of sp³-hybridized carbons (Fsp3) is 0.0769. The Kier molecular flexibility index (Phi) is 3.47. The summed E-state index contributed by atoms with van der Waals surface area (Å²) >= 11 is 0. The largest absolute Gasteiger partial charge is 0.724 e. The van der Waals surface area contributed by atoms with E-state index >= 15 is 0 Å². The monoisotopic (exact) mass is 230 g/mol. The third kappa shape index (κ3) is 2.89. The van der Waals surface area contributed by atoms with Crippen LogP contribution in [0.2, 0.25) is 0 Å². The molecule has 17 heavy (non-hydrogen) atoms. The van der Waals surface area contributed by atoms with Gasteiger partial charge in [-0.1, -0.05) is 24.3 Å². The molecule has 0 saturated carbocycles. The number of ether oxygens (including phenoxy) is 1. The molecule has 0 heterocycles. The molecule has 0 atom stereocenters. The van der Waals surface area contributed by atoms with Crippen molar-refractivity contribution < 1.29 is 9.57 Å². The fourth-order valence-corrected chi connectivity index (χ4v) is 1.36. The van der Waals surface area contributed by atoms with E-state index in [1.807, 2.05) is 6.07 Å². The first-order chi connectivity index (χ1) is 8.29. The van der Waals surface area contributed by atoms with E-state index < -0.39 is 0 Å². The van der Waals surface area contributed by atoms with Gasteiger partial charge in [0.05, 0.1) is 12.8 Å². The van der Waals surface area contributed by atoms with Gasteiger partial charge in [0, 0.05) is 6.07 Å². The highest BCUT2D eigenvalue weighted by Crippen LogP contribution is 2.21. The third-order valence-corrected chi connectivity index (χ3v) is 2.20. The lowest BCUT2D eigenvalue weighted by Crippen LogP contribution is -2.19. The van der Waals surface area contributed by atoms with Gasteiger partial charge in [-0.05, 0) is 24.3 Å². The number of methoxy groups -OCH3 is 1. The van der Waals surface area contributed by atoms with Gasteiger partial charge in [-0.15, -0.1) is 0 Å². The molecule has 0 aliphatic rings. The summed E-state index contributed by atoms with van der Waals surface area (Å²) in [6.45, 7) is 0. The molecule has 88 valence electrons. The van der Waals surface area contributed by atoms with Crippen LogP contribution in [-0.2, 0) is 0 Å². The van der Waals surface area contributed by atoms with Crippen molar-refractivity contribution in [1.82, 2.24) is 0 Å². The summed E-state index contributed by atoms with van der Waals surface area (Å²) in [6.07, 6.45) is 0. The summed E-state index contributed by atoms with van der Waals surface area (Å²) in [5.74, 6) is 1.08. The molecule has 0 aromatic heterocycles. The molecule has 0 aliphatic carbocycles. The summed E-state index contributed by atoms with van der Waals surface area (Å²) in [5, 5.41) is 12.1. The molecular weight excluding hydrogens is 218 g/mol. The van der Waals surface area contributed by atoms with Gasteiger partial charge in [-0.25, -0.2) is 0 Å². The van der Waals surface area contributed by atoms with Gasteiger partial charge >= 0.3 is 0 Å². The Labute approximate surface area is 99.5 Å². The van der Waals surface area contributed by atoms with Gasteiger partial charge < -0.3 is 14.8 Å². The highest BCUT2D eigenvalue weighted by Gasteiger charge is 1.99. The number of anilines is 1. The highest BCUT2D eigenvalue weighted by atomic mass is 16.9. The van der Waals surface area contributed by atoms with Crippen molar-refractivity contribution in [3.8, 4) is 11.5 Å². The van der Waals surface area contributed by atoms with E-state index in [4.69, 9.17) is 9.57 Å². The molecule has 0 radical (unpaired) electrons. The van der Waals surface area contributed by atoms with Crippen LogP contribution in [-0.4, -0.2) is 7.11 Å². The molecule has 0 saturated heterocycles. The minimum Gasteiger partial charge on any atom is -0.724 e. The zero-order valence-electron chi connectivity index (χ0n) is 9.37. The van der Waals surface area contributed by atoms with E-state index in [1.54, 1.807) is 55.6 Å². The van der Waals surface area contributed by atoms with Crippen LogP contribution < -0.4 is 14.8 Å². The quantitative estimate of drug-likeness (QED) is 0.757. The van der Waals surface area contributed by atoms with Crippen molar-refractivity contribution in [2.75, 3.05) is 12.3 Å². The molecule has 0 unspecified atom stereocenters. The zero-order chi connectivity index (χ0) is 12.1. The lowest BCUT2D eigenvalue weighted by molar-refractivity contribution is 0.316. The zero-order valence-corrected chi connectivity index (χ0v) is 9.37. The predicted octanol–water partition coefficient (Wildman–Crippen LogP) is 2.99. The van der Waals surface area contributed by atoms with Crippen molar-refractivity contribution in [1.29, 1.82) is 0 Å². The molecule has 4 heteroatoms. The molecular formula is C13H12NO3-. The first-order valence-corrected chi connectivity index (χ1v) is 5.14. The lowest BCUT2D eigenvalue weighted by atomic mass is 10.3. The van der Waals surface area contributed by atoms with Gasteiger partial charge in [0.25, 0.3) is 0 Å². The van der Waals surface area contributed by atoms with Crippen molar-refractivity contribution in [3.05, 3.63) is 59.8 Å². The molecule has 0 bridgehead atoms. The molecule has 2 aromatic carbocycles. The summed E-state index contributed by atoms with van der Waals surface area (Å²) in [6, 6.07) is 15.6. The SMILES string of the molecule is COc1cccc(ON([O-])c2ccccc2)c1. The number of rotatable bonds is 4. The van der Waals surface area contributed by atoms with Crippen molar-refractivity contribution >= 4 is 5.69 Å². The average Bonchev–Trinajstić information content (AvgIpc) is 2.40. The minimum absolute atomic E-state index is 0.434. The van der Waals surface area contributed by atoms with Gasteiger partial charge in [0.2, 0.25) is 0 Å². The van der Waals surface area contributed by atoms with E-state index in [-0.39, 0.29) is 0 Å². The molecule has 0 aliphatic heterocycles. The van der Waals surface area contributed by atoms with E-state index in [0.29, 0.717) is 22.4 Å². The Balaban J connectivity index is 2.10. The molecule has 0 fully saturated rings. The van der Waals surface area contributed by atoms with Gasteiger partial charge in [-0.2, -0.15) is 0 Å². The maximum Gasteiger partial charge on any atom is 0.157 e. The van der Waals surface area contributed by atoms with Crippen LogP contribution in [0.4, 0.5) is 5.69 Å². The van der Waals surface area contributed by atoms with Crippen LogP contribution >= 0.6 is 0 Å². The van der Waals surface area contributed by atoms with E-state index in [0.717, 1.165) is 0 Å². The Hall–Kier alpha value is -2.20. The second-order valence-corrected chi connectivity index (χ2v) is 3.36. The summed E-state index contributed by atoms with van der Waals surface area (Å²) in [5.41, 5.74) is 0.440. The van der Waals surface area contributed by atoms with Crippen molar-refractivity contribution in [3.63, 3.8) is 0 Å². The Morgan fingerprint density at radius 1 is 0.941 bits per heavy atom. The van der Waals surface area contributed by atoms with Crippen LogP contribution in [0.3, 0.4) is 0 Å². The molecule has 0 amide bonds. The molecule has 0 spiro atoms. The molecule has 2 rings (SSSR count). The Morgan fingerprint density at radius 2 is 1.65 bits per heavy atom. The minimum atomic E-state index is 0.434. The second-order valence-electron chi connectivity index (χ2n) is 3.36. The van der Waals surface area contributed by atoms with Gasteiger partial charge in [0.15, 0.2) is 5.75 Å². The fourth-order valence-electron chi connectivity index (χ4n) is 1.36. The first kappa shape index (κ1) is 11.3. The number of hydrogen-bond acceptors (Lipinski definition) is 4. The van der Waals surface area contributed by atoms with Crippen molar-refractivity contribution in [2.45, 2.75) is 0 Å². The average molecular weight is 230 g/mol. The normalized spacial score (nSPS) is 9.76.